The van der Waals surface area contributed by atoms with Gasteiger partial charge in [-0.25, -0.2) is 4.98 Å². The van der Waals surface area contributed by atoms with Gasteiger partial charge in [0.1, 0.15) is 0 Å². The maximum Gasteiger partial charge on any atom is 0.248 e. The van der Waals surface area contributed by atoms with Gasteiger partial charge >= 0.3 is 0 Å². The quantitative estimate of drug-likeness (QED) is 0.390. The van der Waals surface area contributed by atoms with Crippen molar-refractivity contribution in [3.8, 4) is 11.3 Å². The molecule has 0 aliphatic heterocycles. The molecular formula is C27H30N4O. The molecule has 1 aromatic carbocycles. The third kappa shape index (κ3) is 4.07. The molecule has 3 aromatic heterocycles. The van der Waals surface area contributed by atoms with E-state index in [1.54, 1.807) is 18.5 Å². The normalized spacial score (nSPS) is 18.8. The molecule has 1 aliphatic carbocycles. The van der Waals surface area contributed by atoms with E-state index in [0.717, 1.165) is 40.1 Å². The fourth-order valence-electron chi connectivity index (χ4n) is 5.06. The summed E-state index contributed by atoms with van der Waals surface area (Å²) in [6, 6.07) is 16.5. The Morgan fingerprint density at radius 2 is 1.81 bits per heavy atom. The lowest BCUT2D eigenvalue weighted by atomic mass is 9.75. The zero-order valence-corrected chi connectivity index (χ0v) is 18.7. The van der Waals surface area contributed by atoms with Crippen LogP contribution in [0.4, 0.5) is 11.4 Å². The summed E-state index contributed by atoms with van der Waals surface area (Å²) < 4.78 is 2.01. The smallest absolute Gasteiger partial charge is 0.248 e. The maximum absolute atomic E-state index is 11.7. The highest BCUT2D eigenvalue weighted by Crippen LogP contribution is 2.39. The lowest BCUT2D eigenvalue weighted by Gasteiger charge is -2.31. The van der Waals surface area contributed by atoms with Crippen LogP contribution in [-0.4, -0.2) is 14.4 Å². The molecule has 0 saturated heterocycles. The molecule has 5 rings (SSSR count). The number of nitrogens with one attached hydrogen (secondary N) is 2. The molecule has 5 heteroatoms. The average Bonchev–Trinajstić information content (AvgIpc) is 3.30. The first kappa shape index (κ1) is 20.6. The number of aromatic nitrogens is 3. The highest BCUT2D eigenvalue weighted by atomic mass is 16.1. The molecule has 2 N–H and O–H groups in total. The van der Waals surface area contributed by atoms with Crippen molar-refractivity contribution in [2.75, 3.05) is 5.32 Å². The van der Waals surface area contributed by atoms with E-state index in [0.29, 0.717) is 5.92 Å². The van der Waals surface area contributed by atoms with Crippen LogP contribution in [0.15, 0.2) is 71.9 Å². The van der Waals surface area contributed by atoms with Gasteiger partial charge in [-0.3, -0.25) is 9.20 Å². The Kier molecular flexibility index (Phi) is 5.56. The van der Waals surface area contributed by atoms with Gasteiger partial charge in [-0.1, -0.05) is 26.0 Å². The van der Waals surface area contributed by atoms with E-state index in [9.17, 15) is 4.79 Å². The molecular weight excluding hydrogens is 396 g/mol. The van der Waals surface area contributed by atoms with Crippen molar-refractivity contribution in [3.63, 3.8) is 0 Å². The van der Waals surface area contributed by atoms with E-state index in [2.05, 4.69) is 53.4 Å². The first-order valence-corrected chi connectivity index (χ1v) is 11.6. The minimum Gasteiger partial charge on any atom is -0.352 e. The number of anilines is 2. The number of rotatable bonds is 5. The summed E-state index contributed by atoms with van der Waals surface area (Å²) >= 11 is 0. The van der Waals surface area contributed by atoms with E-state index in [1.165, 1.54) is 31.2 Å². The predicted octanol–water partition coefficient (Wildman–Crippen LogP) is 6.36. The second-order valence-corrected chi connectivity index (χ2v) is 9.30. The van der Waals surface area contributed by atoms with Crippen molar-refractivity contribution in [2.24, 2.45) is 11.8 Å². The molecule has 4 aromatic rings. The van der Waals surface area contributed by atoms with Gasteiger partial charge in [0.2, 0.25) is 5.56 Å². The second kappa shape index (κ2) is 8.65. The van der Waals surface area contributed by atoms with Crippen LogP contribution in [-0.2, 0) is 0 Å². The van der Waals surface area contributed by atoms with Gasteiger partial charge in [0, 0.05) is 35.9 Å². The van der Waals surface area contributed by atoms with Crippen LogP contribution in [0.25, 0.3) is 16.9 Å². The number of nitrogens with zero attached hydrogens (tertiary/aromatic N) is 2. The maximum atomic E-state index is 11.7. The summed E-state index contributed by atoms with van der Waals surface area (Å²) in [6.07, 6.45) is 10.7. The van der Waals surface area contributed by atoms with Crippen LogP contribution in [0, 0.1) is 11.8 Å². The van der Waals surface area contributed by atoms with Crippen LogP contribution in [0.3, 0.4) is 0 Å². The Morgan fingerprint density at radius 3 is 2.53 bits per heavy atom. The summed E-state index contributed by atoms with van der Waals surface area (Å²) in [4.78, 5) is 19.0. The van der Waals surface area contributed by atoms with Gasteiger partial charge in [0.05, 0.1) is 11.4 Å². The fraction of sp³-hybridized carbons (Fsp3) is 0.333. The van der Waals surface area contributed by atoms with E-state index in [4.69, 9.17) is 0 Å². The Bertz CT molecular complexity index is 1260. The van der Waals surface area contributed by atoms with Crippen molar-refractivity contribution in [1.82, 2.24) is 14.4 Å². The molecule has 164 valence electrons. The third-order valence-corrected chi connectivity index (χ3v) is 7.00. The van der Waals surface area contributed by atoms with Gasteiger partial charge in [0.25, 0.3) is 0 Å². The summed E-state index contributed by atoms with van der Waals surface area (Å²) in [5.41, 5.74) is 5.96. The number of aromatic amines is 1. The first-order chi connectivity index (χ1) is 15.6. The van der Waals surface area contributed by atoms with Gasteiger partial charge < -0.3 is 10.3 Å². The van der Waals surface area contributed by atoms with Crippen LogP contribution in [0.1, 0.15) is 51.0 Å². The lowest BCUT2D eigenvalue weighted by molar-refractivity contribution is 0.259. The number of fused-ring (bicyclic) bond motifs is 1. The zero-order valence-electron chi connectivity index (χ0n) is 18.7. The molecule has 3 heterocycles. The standard InChI is InChI=1S/C27H30N4O/c1-18(2)19-3-5-20(6-4-19)21-7-9-23(10-8-21)30-24-11-12-25(31-16-15-29-27(24)31)22-13-14-28-26(32)17-22/h7-20,30H,3-6H2,1-2H3,(H,28,32). The lowest BCUT2D eigenvalue weighted by Crippen LogP contribution is -2.17. The van der Waals surface area contributed by atoms with Crippen molar-refractivity contribution in [3.05, 3.63) is 83.0 Å². The summed E-state index contributed by atoms with van der Waals surface area (Å²) in [7, 11) is 0. The van der Waals surface area contributed by atoms with Crippen LogP contribution in [0.5, 0.6) is 0 Å². The highest BCUT2D eigenvalue weighted by molar-refractivity contribution is 5.78. The number of H-pyrrole nitrogens is 1. The minimum absolute atomic E-state index is 0.115. The summed E-state index contributed by atoms with van der Waals surface area (Å²) in [6.45, 7) is 4.71. The molecule has 1 aliphatic rings. The molecule has 0 spiro atoms. The minimum atomic E-state index is -0.115. The van der Waals surface area contributed by atoms with Gasteiger partial charge in [-0.05, 0) is 79.3 Å². The van der Waals surface area contributed by atoms with Crippen LogP contribution >= 0.6 is 0 Å². The molecule has 32 heavy (non-hydrogen) atoms. The highest BCUT2D eigenvalue weighted by Gasteiger charge is 2.24. The molecule has 1 saturated carbocycles. The Labute approximate surface area is 188 Å². The molecule has 0 radical (unpaired) electrons. The SMILES string of the molecule is CC(C)C1CCC(c2ccc(Nc3ccc(-c4cc[nH]c(=O)c4)n4ccnc34)cc2)CC1. The average molecular weight is 427 g/mol. The van der Waals surface area contributed by atoms with Crippen molar-refractivity contribution >= 4 is 17.0 Å². The van der Waals surface area contributed by atoms with Gasteiger partial charge in [-0.15, -0.1) is 0 Å². The third-order valence-electron chi connectivity index (χ3n) is 7.00. The van der Waals surface area contributed by atoms with Crippen molar-refractivity contribution in [1.29, 1.82) is 0 Å². The zero-order chi connectivity index (χ0) is 22.1. The summed E-state index contributed by atoms with van der Waals surface area (Å²) in [5, 5.41) is 3.52. The predicted molar refractivity (Wildman–Crippen MR) is 131 cm³/mol. The number of hydrogen-bond donors (Lipinski definition) is 2. The van der Waals surface area contributed by atoms with Crippen LogP contribution < -0.4 is 10.9 Å². The topological polar surface area (TPSA) is 62.2 Å². The largest absolute Gasteiger partial charge is 0.352 e. The monoisotopic (exact) mass is 426 g/mol. The number of hydrogen-bond acceptors (Lipinski definition) is 3. The molecule has 0 amide bonds. The van der Waals surface area contributed by atoms with E-state index >= 15 is 0 Å². The molecule has 0 atom stereocenters. The second-order valence-electron chi connectivity index (χ2n) is 9.30. The number of pyridine rings is 2. The Balaban J connectivity index is 1.35. The Morgan fingerprint density at radius 1 is 1.03 bits per heavy atom. The molecule has 0 bridgehead atoms. The molecule has 1 fully saturated rings. The van der Waals surface area contributed by atoms with Crippen molar-refractivity contribution in [2.45, 2.75) is 45.4 Å². The van der Waals surface area contributed by atoms with E-state index in [-0.39, 0.29) is 5.56 Å². The molecule has 0 unspecified atom stereocenters. The number of imidazole rings is 1. The van der Waals surface area contributed by atoms with E-state index in [1.807, 2.05) is 28.8 Å². The summed E-state index contributed by atoms with van der Waals surface area (Å²) in [5.74, 6) is 2.38. The fourth-order valence-corrected chi connectivity index (χ4v) is 5.06. The Hall–Kier alpha value is -3.34. The first-order valence-electron chi connectivity index (χ1n) is 11.6. The molecule has 5 nitrogen and oxygen atoms in total. The van der Waals surface area contributed by atoms with Gasteiger partial charge in [0.15, 0.2) is 5.65 Å². The van der Waals surface area contributed by atoms with Gasteiger partial charge in [-0.2, -0.15) is 0 Å². The van der Waals surface area contributed by atoms with E-state index < -0.39 is 0 Å². The van der Waals surface area contributed by atoms with Crippen molar-refractivity contribution < 1.29 is 0 Å². The van der Waals surface area contributed by atoms with Crippen LogP contribution in [0.2, 0.25) is 0 Å². The number of benzene rings is 1.